The van der Waals surface area contributed by atoms with Crippen LogP contribution in [-0.2, 0) is 17.6 Å². The number of para-hydroxylation sites is 1. The van der Waals surface area contributed by atoms with Gasteiger partial charge in [-0.2, -0.15) is 13.2 Å². The zero-order valence-electron chi connectivity index (χ0n) is 19.6. The number of nitrogens with one attached hydrogen (secondary N) is 1. The van der Waals surface area contributed by atoms with Gasteiger partial charge in [-0.25, -0.2) is 0 Å². The molecule has 12 heteroatoms. The van der Waals surface area contributed by atoms with Gasteiger partial charge in [-0.15, -0.1) is 10.2 Å². The van der Waals surface area contributed by atoms with Gasteiger partial charge >= 0.3 is 6.18 Å². The van der Waals surface area contributed by atoms with Crippen LogP contribution < -0.4 is 15.0 Å². The Bertz CT molecular complexity index is 1150. The third-order valence-corrected chi connectivity index (χ3v) is 6.46. The van der Waals surface area contributed by atoms with Gasteiger partial charge in [-0.3, -0.25) is 4.79 Å². The van der Waals surface area contributed by atoms with Crippen LogP contribution in [0.5, 0.6) is 5.75 Å². The van der Waals surface area contributed by atoms with Gasteiger partial charge in [-0.1, -0.05) is 36.9 Å². The number of carbonyl (C=O) groups is 1. The molecule has 0 bridgehead atoms. The molecule has 1 saturated heterocycles. The van der Waals surface area contributed by atoms with E-state index >= 15 is 0 Å². The minimum atomic E-state index is -4.52. The second-order valence-electron chi connectivity index (χ2n) is 8.05. The standard InChI is InChI=1S/C24H26F3N5O3S/c1-2-31-10-12-32(13-11-31)20-9-8-17(24(25,26)27)14-19(20)28-21(33)16-36-23-30-29-22(35-23)15-34-18-6-4-3-5-7-18/h3-9,14H,2,10-13,15-16H2,1H3,(H,28,33). The van der Waals surface area contributed by atoms with Crippen molar-refractivity contribution < 1.29 is 27.1 Å². The van der Waals surface area contributed by atoms with Gasteiger partial charge in [0.05, 0.1) is 22.7 Å². The zero-order chi connectivity index (χ0) is 25.5. The minimum absolute atomic E-state index is 0.0721. The van der Waals surface area contributed by atoms with Gasteiger partial charge in [0.15, 0.2) is 6.61 Å². The zero-order valence-corrected chi connectivity index (χ0v) is 20.4. The first-order chi connectivity index (χ1) is 17.3. The Morgan fingerprint density at radius 3 is 2.56 bits per heavy atom. The number of hydrogen-bond acceptors (Lipinski definition) is 8. The number of ether oxygens (including phenoxy) is 1. The fraction of sp³-hybridized carbons (Fsp3) is 0.375. The number of anilines is 2. The third-order valence-electron chi connectivity index (χ3n) is 5.64. The Morgan fingerprint density at radius 2 is 1.86 bits per heavy atom. The molecule has 3 aromatic rings. The largest absolute Gasteiger partial charge is 0.484 e. The lowest BCUT2D eigenvalue weighted by atomic mass is 10.1. The number of alkyl halides is 3. The van der Waals surface area contributed by atoms with Crippen molar-refractivity contribution in [2.45, 2.75) is 24.9 Å². The number of amides is 1. The summed E-state index contributed by atoms with van der Waals surface area (Å²) in [6, 6.07) is 12.6. The molecule has 1 N–H and O–H groups in total. The molecule has 1 aliphatic heterocycles. The van der Waals surface area contributed by atoms with Gasteiger partial charge in [0.25, 0.3) is 11.1 Å². The lowest BCUT2D eigenvalue weighted by Crippen LogP contribution is -2.46. The Labute approximate surface area is 210 Å². The highest BCUT2D eigenvalue weighted by atomic mass is 32.2. The maximum absolute atomic E-state index is 13.3. The van der Waals surface area contributed by atoms with E-state index in [0.717, 1.165) is 43.5 Å². The van der Waals surface area contributed by atoms with E-state index in [2.05, 4.69) is 27.3 Å². The van der Waals surface area contributed by atoms with Crippen LogP contribution in [0, 0.1) is 0 Å². The van der Waals surface area contributed by atoms with Crippen molar-refractivity contribution in [1.29, 1.82) is 0 Å². The lowest BCUT2D eigenvalue weighted by molar-refractivity contribution is -0.137. The normalized spacial score (nSPS) is 14.6. The summed E-state index contributed by atoms with van der Waals surface area (Å²) >= 11 is 0.994. The monoisotopic (exact) mass is 521 g/mol. The minimum Gasteiger partial charge on any atom is -0.484 e. The smallest absolute Gasteiger partial charge is 0.416 e. The van der Waals surface area contributed by atoms with Crippen LogP contribution in [0.1, 0.15) is 18.4 Å². The highest BCUT2D eigenvalue weighted by Gasteiger charge is 2.32. The first-order valence-corrected chi connectivity index (χ1v) is 12.4. The van der Waals surface area contributed by atoms with Crippen LogP contribution in [0.2, 0.25) is 0 Å². The number of rotatable bonds is 9. The van der Waals surface area contributed by atoms with Crippen LogP contribution in [-0.4, -0.2) is 59.5 Å². The molecule has 0 spiro atoms. The van der Waals surface area contributed by atoms with Crippen LogP contribution in [0.25, 0.3) is 0 Å². The Kier molecular flexibility index (Phi) is 8.36. The summed E-state index contributed by atoms with van der Waals surface area (Å²) in [6.45, 7) is 5.97. The number of piperazine rings is 1. The van der Waals surface area contributed by atoms with Crippen molar-refractivity contribution in [2.24, 2.45) is 0 Å². The topological polar surface area (TPSA) is 83.7 Å². The van der Waals surface area contributed by atoms with Gasteiger partial charge in [0.2, 0.25) is 5.91 Å². The maximum Gasteiger partial charge on any atom is 0.416 e. The van der Waals surface area contributed by atoms with Gasteiger partial charge in [0.1, 0.15) is 5.75 Å². The summed E-state index contributed by atoms with van der Waals surface area (Å²) in [4.78, 5) is 16.9. The second kappa shape index (κ2) is 11.7. The van der Waals surface area contributed by atoms with E-state index in [4.69, 9.17) is 9.15 Å². The van der Waals surface area contributed by atoms with Crippen molar-refractivity contribution in [1.82, 2.24) is 15.1 Å². The molecule has 192 valence electrons. The van der Waals surface area contributed by atoms with E-state index in [0.29, 0.717) is 24.5 Å². The molecule has 2 heterocycles. The molecule has 1 fully saturated rings. The number of halogens is 3. The fourth-order valence-corrected chi connectivity index (χ4v) is 4.30. The number of likely N-dealkylation sites (N-methyl/N-ethyl adjacent to an activating group) is 1. The average molecular weight is 522 g/mol. The van der Waals surface area contributed by atoms with E-state index in [-0.39, 0.29) is 29.2 Å². The van der Waals surface area contributed by atoms with E-state index < -0.39 is 17.6 Å². The molecule has 0 unspecified atom stereocenters. The van der Waals surface area contributed by atoms with Crippen molar-refractivity contribution in [2.75, 3.05) is 48.7 Å². The highest BCUT2D eigenvalue weighted by Crippen LogP contribution is 2.36. The second-order valence-corrected chi connectivity index (χ2v) is 8.98. The number of benzene rings is 2. The Hall–Kier alpha value is -3.25. The van der Waals surface area contributed by atoms with Gasteiger partial charge < -0.3 is 24.3 Å². The van der Waals surface area contributed by atoms with Crippen LogP contribution in [0.4, 0.5) is 24.5 Å². The van der Waals surface area contributed by atoms with E-state index in [1.54, 1.807) is 12.1 Å². The summed E-state index contributed by atoms with van der Waals surface area (Å²) in [6.07, 6.45) is -4.52. The van der Waals surface area contributed by atoms with E-state index in [9.17, 15) is 18.0 Å². The molecule has 0 aliphatic carbocycles. The van der Waals surface area contributed by atoms with Crippen LogP contribution >= 0.6 is 11.8 Å². The maximum atomic E-state index is 13.3. The molecule has 0 saturated carbocycles. The first-order valence-electron chi connectivity index (χ1n) is 11.4. The summed E-state index contributed by atoms with van der Waals surface area (Å²) in [5.74, 6) is 0.305. The Balaban J connectivity index is 1.37. The summed E-state index contributed by atoms with van der Waals surface area (Å²) < 4.78 is 51.1. The molecule has 4 rings (SSSR count). The van der Waals surface area contributed by atoms with Gasteiger partial charge in [0, 0.05) is 26.2 Å². The van der Waals surface area contributed by atoms with Crippen molar-refractivity contribution in [3.05, 3.63) is 60.0 Å². The molecule has 8 nitrogen and oxygen atoms in total. The quantitative estimate of drug-likeness (QED) is 0.411. The van der Waals surface area contributed by atoms with Crippen molar-refractivity contribution >= 4 is 29.0 Å². The SMILES string of the molecule is CCN1CCN(c2ccc(C(F)(F)F)cc2NC(=O)CSc2nnc(COc3ccccc3)o2)CC1. The molecule has 1 aliphatic rings. The van der Waals surface area contributed by atoms with E-state index in [1.807, 2.05) is 23.1 Å². The molecular weight excluding hydrogens is 495 g/mol. The molecule has 2 aromatic carbocycles. The predicted molar refractivity (Wildman–Crippen MR) is 130 cm³/mol. The highest BCUT2D eigenvalue weighted by molar-refractivity contribution is 7.99. The summed E-state index contributed by atoms with van der Waals surface area (Å²) in [5.41, 5.74) is -0.126. The number of thioether (sulfide) groups is 1. The van der Waals surface area contributed by atoms with Gasteiger partial charge in [-0.05, 0) is 36.9 Å². The molecular formula is C24H26F3N5O3S. The number of hydrogen-bond donors (Lipinski definition) is 1. The number of carbonyl (C=O) groups excluding carboxylic acids is 1. The number of nitrogens with zero attached hydrogens (tertiary/aromatic N) is 4. The van der Waals surface area contributed by atoms with E-state index in [1.165, 1.54) is 6.07 Å². The average Bonchev–Trinajstić information content (AvgIpc) is 3.34. The molecule has 0 radical (unpaired) electrons. The first kappa shape index (κ1) is 25.8. The van der Waals surface area contributed by atoms with Crippen molar-refractivity contribution in [3.8, 4) is 5.75 Å². The fourth-order valence-electron chi connectivity index (χ4n) is 3.72. The van der Waals surface area contributed by atoms with Crippen LogP contribution in [0.15, 0.2) is 58.2 Å². The third kappa shape index (κ3) is 6.91. The number of aromatic nitrogens is 2. The Morgan fingerprint density at radius 1 is 1.11 bits per heavy atom. The summed E-state index contributed by atoms with van der Waals surface area (Å²) in [5, 5.41) is 10.6. The summed E-state index contributed by atoms with van der Waals surface area (Å²) in [7, 11) is 0. The molecule has 1 amide bonds. The van der Waals surface area contributed by atoms with Crippen molar-refractivity contribution in [3.63, 3.8) is 0 Å². The lowest BCUT2D eigenvalue weighted by Gasteiger charge is -2.36. The molecule has 0 atom stereocenters. The molecule has 36 heavy (non-hydrogen) atoms. The van der Waals surface area contributed by atoms with Crippen LogP contribution in [0.3, 0.4) is 0 Å². The predicted octanol–water partition coefficient (Wildman–Crippen LogP) is 4.54. The molecule has 1 aromatic heterocycles.